The molecule has 5 nitrogen and oxygen atoms in total. The predicted molar refractivity (Wildman–Crippen MR) is 99.1 cm³/mol. The largest absolute Gasteiger partial charge is 0.480 e. The van der Waals surface area contributed by atoms with E-state index in [4.69, 9.17) is 6.11 Å². The molecule has 0 spiro atoms. The molecule has 1 aliphatic carbocycles. The van der Waals surface area contributed by atoms with Crippen molar-refractivity contribution in [3.63, 3.8) is 0 Å². The third-order valence-electron chi connectivity index (χ3n) is 5.14. The maximum absolute atomic E-state index is 12.3. The molecule has 1 aliphatic rings. The Bertz CT molecular complexity index is 823. The van der Waals surface area contributed by atoms with Gasteiger partial charge >= 0.3 is 12.1 Å². The van der Waals surface area contributed by atoms with Crippen molar-refractivity contribution in [3.05, 3.63) is 59.7 Å². The van der Waals surface area contributed by atoms with Gasteiger partial charge in [-0.2, -0.15) is 0 Å². The molecule has 0 aliphatic heterocycles. The predicted octanol–water partition coefficient (Wildman–Crippen LogP) is 4.02. The standard InChI is InChI=1S/C21H23NO4/c1-13(2)21(3,19(23)24)22-20(25)26-12-18-16-10-6-4-8-14(16)15-9-5-7-11-17(15)18/h4-11,13,18H,12H2,1-3H3,(H,22,25)(H,23,24)/t21-/m0/s1/i1D/t13?,21-. The summed E-state index contributed by atoms with van der Waals surface area (Å²) in [7, 11) is 0. The van der Waals surface area contributed by atoms with E-state index < -0.39 is 23.5 Å². The number of carboxylic acid groups (broad SMARTS) is 1. The summed E-state index contributed by atoms with van der Waals surface area (Å²) in [5, 5.41) is 11.9. The third-order valence-corrected chi connectivity index (χ3v) is 5.14. The number of aliphatic carboxylic acids is 1. The van der Waals surface area contributed by atoms with Gasteiger partial charge in [0.1, 0.15) is 12.1 Å². The summed E-state index contributed by atoms with van der Waals surface area (Å²) in [5.41, 5.74) is 2.88. The van der Waals surface area contributed by atoms with Crippen molar-refractivity contribution in [3.8, 4) is 11.1 Å². The van der Waals surface area contributed by atoms with Crippen molar-refractivity contribution in [1.82, 2.24) is 5.32 Å². The van der Waals surface area contributed by atoms with Crippen molar-refractivity contribution in [2.24, 2.45) is 5.92 Å². The Morgan fingerprint density at radius 3 is 2.23 bits per heavy atom. The summed E-state index contributed by atoms with van der Waals surface area (Å²) in [6.45, 7) is 3.01. The molecular weight excluding hydrogens is 330 g/mol. The highest BCUT2D eigenvalue weighted by atomic mass is 16.5. The van der Waals surface area contributed by atoms with Crippen LogP contribution in [-0.4, -0.2) is 29.3 Å². The highest BCUT2D eigenvalue weighted by molar-refractivity contribution is 5.84. The van der Waals surface area contributed by atoms with Crippen molar-refractivity contribution in [2.45, 2.75) is 32.2 Å². The Hall–Kier alpha value is -2.82. The van der Waals surface area contributed by atoms with Gasteiger partial charge in [0.15, 0.2) is 0 Å². The first-order valence-corrected chi connectivity index (χ1v) is 8.54. The van der Waals surface area contributed by atoms with Crippen LogP contribution >= 0.6 is 0 Å². The lowest BCUT2D eigenvalue weighted by Crippen LogP contribution is -2.56. The molecule has 136 valence electrons. The molecule has 0 radical (unpaired) electrons. The first-order valence-electron chi connectivity index (χ1n) is 9.25. The van der Waals surface area contributed by atoms with Gasteiger partial charge in [-0.05, 0) is 35.1 Å². The fraction of sp³-hybridized carbons (Fsp3) is 0.333. The zero-order valence-electron chi connectivity index (χ0n) is 15.9. The zero-order chi connectivity index (χ0) is 19.6. The maximum atomic E-state index is 12.3. The van der Waals surface area contributed by atoms with Gasteiger partial charge in [0.05, 0.1) is 0 Å². The lowest BCUT2D eigenvalue weighted by molar-refractivity contribution is -0.145. The summed E-state index contributed by atoms with van der Waals surface area (Å²) in [6.07, 6.45) is -0.790. The SMILES string of the molecule is [2H]CC(C)[C@](C)(NC(=O)OCC1c2ccccc2-c2ccccc21)C(=O)O. The molecule has 0 aromatic heterocycles. The molecule has 2 atom stereocenters. The first-order chi connectivity index (χ1) is 12.9. The lowest BCUT2D eigenvalue weighted by atomic mass is 9.89. The summed E-state index contributed by atoms with van der Waals surface area (Å²) < 4.78 is 12.9. The van der Waals surface area contributed by atoms with Crippen molar-refractivity contribution < 1.29 is 20.8 Å². The van der Waals surface area contributed by atoms with Crippen LogP contribution < -0.4 is 5.32 Å². The maximum Gasteiger partial charge on any atom is 0.408 e. The molecular formula is C21H23NO4. The van der Waals surface area contributed by atoms with Crippen LogP contribution in [0.1, 0.15) is 39.2 Å². The van der Waals surface area contributed by atoms with Gasteiger partial charge in [-0.1, -0.05) is 62.4 Å². The minimum Gasteiger partial charge on any atom is -0.480 e. The highest BCUT2D eigenvalue weighted by Crippen LogP contribution is 2.44. The van der Waals surface area contributed by atoms with Crippen LogP contribution in [0, 0.1) is 5.92 Å². The number of rotatable bonds is 5. The van der Waals surface area contributed by atoms with Crippen LogP contribution in [0.2, 0.25) is 0 Å². The average molecular weight is 354 g/mol. The van der Waals surface area contributed by atoms with E-state index in [2.05, 4.69) is 5.32 Å². The Kier molecular flexibility index (Phi) is 4.37. The summed E-state index contributed by atoms with van der Waals surface area (Å²) in [5.74, 6) is -1.83. The molecule has 0 heterocycles. The first kappa shape index (κ1) is 16.6. The molecule has 2 N–H and O–H groups in total. The van der Waals surface area contributed by atoms with E-state index in [0.29, 0.717) is 0 Å². The van der Waals surface area contributed by atoms with Crippen LogP contribution in [0.5, 0.6) is 0 Å². The number of ether oxygens (including phenoxy) is 1. The van der Waals surface area contributed by atoms with Crippen LogP contribution in [-0.2, 0) is 9.53 Å². The minimum absolute atomic E-state index is 0.0900. The second-order valence-corrected chi connectivity index (χ2v) is 6.86. The molecule has 0 bridgehead atoms. The van der Waals surface area contributed by atoms with Gasteiger partial charge in [0.25, 0.3) is 0 Å². The normalized spacial score (nSPS) is 16.6. The van der Waals surface area contributed by atoms with Crippen LogP contribution in [0.4, 0.5) is 4.79 Å². The van der Waals surface area contributed by atoms with Crippen molar-refractivity contribution in [1.29, 1.82) is 0 Å². The topological polar surface area (TPSA) is 75.6 Å². The highest BCUT2D eigenvalue weighted by Gasteiger charge is 2.39. The van der Waals surface area contributed by atoms with Gasteiger partial charge in [-0.3, -0.25) is 0 Å². The smallest absolute Gasteiger partial charge is 0.408 e. The van der Waals surface area contributed by atoms with E-state index in [0.717, 1.165) is 22.3 Å². The van der Waals surface area contributed by atoms with E-state index in [-0.39, 0.29) is 19.4 Å². The number of nitrogens with one attached hydrogen (secondary N) is 1. The molecule has 1 unspecified atom stereocenters. The van der Waals surface area contributed by atoms with Gasteiger partial charge in [-0.25, -0.2) is 9.59 Å². The second-order valence-electron chi connectivity index (χ2n) is 6.86. The number of carboxylic acids is 1. The Labute approximate surface area is 154 Å². The fourth-order valence-corrected chi connectivity index (χ4v) is 3.23. The van der Waals surface area contributed by atoms with E-state index in [1.165, 1.54) is 6.92 Å². The van der Waals surface area contributed by atoms with E-state index in [9.17, 15) is 14.7 Å². The fourth-order valence-electron chi connectivity index (χ4n) is 3.23. The van der Waals surface area contributed by atoms with Crippen molar-refractivity contribution in [2.75, 3.05) is 6.61 Å². The number of fused-ring (bicyclic) bond motifs is 3. The minimum atomic E-state index is -1.55. The van der Waals surface area contributed by atoms with Crippen LogP contribution in [0.15, 0.2) is 48.5 Å². The molecule has 2 aromatic carbocycles. The van der Waals surface area contributed by atoms with Gasteiger partial charge in [-0.15, -0.1) is 0 Å². The molecule has 0 saturated heterocycles. The zero-order valence-corrected chi connectivity index (χ0v) is 14.9. The van der Waals surface area contributed by atoms with E-state index >= 15 is 0 Å². The summed E-state index contributed by atoms with van der Waals surface area (Å²) in [6, 6.07) is 16.0. The Balaban J connectivity index is 1.75. The van der Waals surface area contributed by atoms with E-state index in [1.54, 1.807) is 6.92 Å². The number of carbonyl (C=O) groups excluding carboxylic acids is 1. The number of carbonyl (C=O) groups is 2. The summed E-state index contributed by atoms with van der Waals surface area (Å²) >= 11 is 0. The van der Waals surface area contributed by atoms with Crippen LogP contribution in [0.25, 0.3) is 11.1 Å². The average Bonchev–Trinajstić information content (AvgIpc) is 2.99. The molecule has 5 heteroatoms. The third kappa shape index (κ3) is 3.05. The number of hydrogen-bond donors (Lipinski definition) is 2. The van der Waals surface area contributed by atoms with Gasteiger partial charge in [0, 0.05) is 7.29 Å². The second kappa shape index (κ2) is 6.83. The molecule has 0 fully saturated rings. The van der Waals surface area contributed by atoms with Gasteiger partial charge in [0.2, 0.25) is 0 Å². The van der Waals surface area contributed by atoms with Crippen LogP contribution in [0.3, 0.4) is 0 Å². The van der Waals surface area contributed by atoms with E-state index in [1.807, 2.05) is 48.5 Å². The molecule has 26 heavy (non-hydrogen) atoms. The van der Waals surface area contributed by atoms with Gasteiger partial charge < -0.3 is 15.2 Å². The molecule has 0 saturated carbocycles. The quantitative estimate of drug-likeness (QED) is 0.850. The number of amides is 1. The summed E-state index contributed by atoms with van der Waals surface area (Å²) in [4.78, 5) is 23.9. The molecule has 2 aromatic rings. The number of hydrogen-bond acceptors (Lipinski definition) is 3. The Morgan fingerprint density at radius 1 is 1.19 bits per heavy atom. The molecule has 1 amide bonds. The number of benzene rings is 2. The Morgan fingerprint density at radius 2 is 1.73 bits per heavy atom. The van der Waals surface area contributed by atoms with Crippen molar-refractivity contribution >= 4 is 12.1 Å². The number of alkyl carbamates (subject to hydrolysis) is 1. The molecule has 3 rings (SSSR count). The lowest BCUT2D eigenvalue weighted by Gasteiger charge is -2.29. The monoisotopic (exact) mass is 354 g/mol.